The molecule has 6 heteroatoms. The summed E-state index contributed by atoms with van der Waals surface area (Å²) in [4.78, 5) is 14.5. The van der Waals surface area contributed by atoms with Gasteiger partial charge in [0.25, 0.3) is 0 Å². The van der Waals surface area contributed by atoms with Crippen LogP contribution in [0.2, 0.25) is 0 Å². The minimum Gasteiger partial charge on any atom is -0.491 e. The molecule has 2 aromatic rings. The molecule has 30 heavy (non-hydrogen) atoms. The molecule has 0 unspecified atom stereocenters. The van der Waals surface area contributed by atoms with Crippen LogP contribution in [-0.4, -0.2) is 49.8 Å². The maximum Gasteiger partial charge on any atom is 0.234 e. The van der Waals surface area contributed by atoms with E-state index in [9.17, 15) is 9.18 Å². The zero-order valence-corrected chi connectivity index (χ0v) is 17.8. The number of hydrogen-bond acceptors (Lipinski definition) is 4. The number of nitrogens with zero attached hydrogens (tertiary/aromatic N) is 1. The molecule has 0 aliphatic carbocycles. The molecule has 1 amide bonds. The normalized spacial score (nSPS) is 19.8. The van der Waals surface area contributed by atoms with Gasteiger partial charge in [-0.05, 0) is 62.6 Å². The van der Waals surface area contributed by atoms with Gasteiger partial charge in [0, 0.05) is 20.2 Å². The van der Waals surface area contributed by atoms with Crippen molar-refractivity contribution in [2.75, 3.05) is 33.4 Å². The molecular weight excluding hydrogens is 383 g/mol. The molecule has 0 aromatic heterocycles. The van der Waals surface area contributed by atoms with Gasteiger partial charge < -0.3 is 14.8 Å². The van der Waals surface area contributed by atoms with Crippen LogP contribution in [-0.2, 0) is 16.1 Å². The Morgan fingerprint density at radius 3 is 2.53 bits per heavy atom. The zero-order valence-electron chi connectivity index (χ0n) is 17.8. The van der Waals surface area contributed by atoms with E-state index >= 15 is 0 Å². The van der Waals surface area contributed by atoms with Crippen molar-refractivity contribution in [1.82, 2.24) is 10.2 Å². The first-order valence-electron chi connectivity index (χ1n) is 10.5. The molecule has 0 radical (unpaired) electrons. The van der Waals surface area contributed by atoms with Gasteiger partial charge in [0.2, 0.25) is 5.91 Å². The smallest absolute Gasteiger partial charge is 0.234 e. The number of methoxy groups -OCH3 is 1. The van der Waals surface area contributed by atoms with E-state index in [1.807, 2.05) is 24.3 Å². The number of carbonyl (C=O) groups is 1. The SMILES string of the molecule is CO[C@]1(COc2ccc(C)cc2)CCCN(CC(=O)NCc2ccc(F)cc2)CC1. The monoisotopic (exact) mass is 414 g/mol. The predicted octanol–water partition coefficient (Wildman–Crippen LogP) is 3.70. The van der Waals surface area contributed by atoms with Crippen LogP contribution < -0.4 is 10.1 Å². The van der Waals surface area contributed by atoms with Crippen LogP contribution >= 0.6 is 0 Å². The molecule has 1 fully saturated rings. The van der Waals surface area contributed by atoms with Crippen molar-refractivity contribution in [2.24, 2.45) is 0 Å². The number of hydrogen-bond donors (Lipinski definition) is 1. The largest absolute Gasteiger partial charge is 0.491 e. The lowest BCUT2D eigenvalue weighted by Gasteiger charge is -2.31. The Hall–Kier alpha value is -2.44. The first-order valence-corrected chi connectivity index (χ1v) is 10.5. The fraction of sp³-hybridized carbons (Fsp3) is 0.458. The summed E-state index contributed by atoms with van der Waals surface area (Å²) in [6, 6.07) is 14.2. The van der Waals surface area contributed by atoms with Crippen molar-refractivity contribution in [3.63, 3.8) is 0 Å². The van der Waals surface area contributed by atoms with Gasteiger partial charge in [-0.1, -0.05) is 29.8 Å². The third-order valence-electron chi connectivity index (χ3n) is 5.72. The highest BCUT2D eigenvalue weighted by Crippen LogP contribution is 2.27. The molecule has 3 rings (SSSR count). The minimum absolute atomic E-state index is 0.0276. The van der Waals surface area contributed by atoms with Crippen LogP contribution in [0.4, 0.5) is 4.39 Å². The van der Waals surface area contributed by atoms with Crippen LogP contribution in [0.5, 0.6) is 5.75 Å². The number of benzene rings is 2. The first-order chi connectivity index (χ1) is 14.5. The van der Waals surface area contributed by atoms with Crippen molar-refractivity contribution in [2.45, 2.75) is 38.3 Å². The molecule has 1 saturated heterocycles. The third-order valence-corrected chi connectivity index (χ3v) is 5.72. The maximum absolute atomic E-state index is 13.0. The second kappa shape index (κ2) is 10.5. The standard InChI is InChI=1S/C24H31FN2O3/c1-19-4-10-22(11-5-19)30-18-24(29-2)12-3-14-27(15-13-24)17-23(28)26-16-20-6-8-21(25)9-7-20/h4-11H,3,12-18H2,1-2H3,(H,26,28)/t24-/m1/s1. The highest BCUT2D eigenvalue weighted by molar-refractivity contribution is 5.78. The summed E-state index contributed by atoms with van der Waals surface area (Å²) in [5.41, 5.74) is 1.74. The molecule has 0 saturated carbocycles. The van der Waals surface area contributed by atoms with Gasteiger partial charge in [-0.15, -0.1) is 0 Å². The van der Waals surface area contributed by atoms with E-state index in [-0.39, 0.29) is 17.3 Å². The highest BCUT2D eigenvalue weighted by atomic mass is 19.1. The van der Waals surface area contributed by atoms with Gasteiger partial charge in [-0.25, -0.2) is 4.39 Å². The van der Waals surface area contributed by atoms with E-state index in [1.54, 1.807) is 19.2 Å². The summed E-state index contributed by atoms with van der Waals surface area (Å²) >= 11 is 0. The molecule has 1 N–H and O–H groups in total. The van der Waals surface area contributed by atoms with Gasteiger partial charge in [-0.2, -0.15) is 0 Å². The zero-order chi connectivity index (χ0) is 21.4. The Bertz CT molecular complexity index is 810. The summed E-state index contributed by atoms with van der Waals surface area (Å²) in [5, 5.41) is 2.91. The van der Waals surface area contributed by atoms with E-state index in [2.05, 4.69) is 17.1 Å². The van der Waals surface area contributed by atoms with Gasteiger partial charge in [0.1, 0.15) is 23.8 Å². The number of ether oxygens (including phenoxy) is 2. The van der Waals surface area contributed by atoms with Gasteiger partial charge in [0.05, 0.1) is 6.54 Å². The Morgan fingerprint density at radius 1 is 1.10 bits per heavy atom. The molecule has 1 aliphatic rings. The number of rotatable bonds is 8. The molecule has 1 heterocycles. The topological polar surface area (TPSA) is 50.8 Å². The van der Waals surface area contributed by atoms with Crippen molar-refractivity contribution >= 4 is 5.91 Å². The summed E-state index contributed by atoms with van der Waals surface area (Å²) in [6.45, 7) is 4.92. The summed E-state index contributed by atoms with van der Waals surface area (Å²) in [7, 11) is 1.74. The van der Waals surface area contributed by atoms with Crippen molar-refractivity contribution in [1.29, 1.82) is 0 Å². The van der Waals surface area contributed by atoms with Crippen LogP contribution in [0.1, 0.15) is 30.4 Å². The summed E-state index contributed by atoms with van der Waals surface area (Å²) < 4.78 is 24.9. The van der Waals surface area contributed by atoms with E-state index in [4.69, 9.17) is 9.47 Å². The van der Waals surface area contributed by atoms with E-state index < -0.39 is 0 Å². The first kappa shape index (κ1) is 22.2. The second-order valence-electron chi connectivity index (χ2n) is 8.02. The van der Waals surface area contributed by atoms with Crippen molar-refractivity contribution < 1.29 is 18.7 Å². The molecule has 0 bridgehead atoms. The van der Waals surface area contributed by atoms with Crippen LogP contribution in [0.3, 0.4) is 0 Å². The molecule has 2 aromatic carbocycles. The van der Waals surface area contributed by atoms with Crippen LogP contribution in [0, 0.1) is 12.7 Å². The van der Waals surface area contributed by atoms with Crippen molar-refractivity contribution in [3.05, 3.63) is 65.5 Å². The van der Waals surface area contributed by atoms with E-state index in [0.717, 1.165) is 43.7 Å². The lowest BCUT2D eigenvalue weighted by atomic mass is 9.95. The fourth-order valence-electron chi connectivity index (χ4n) is 3.70. The average Bonchev–Trinajstić information content (AvgIpc) is 2.96. The molecule has 1 aliphatic heterocycles. The predicted molar refractivity (Wildman–Crippen MR) is 115 cm³/mol. The number of aryl methyl sites for hydroxylation is 1. The lowest BCUT2D eigenvalue weighted by Crippen LogP contribution is -2.41. The number of halogens is 1. The second-order valence-corrected chi connectivity index (χ2v) is 8.02. The Kier molecular flexibility index (Phi) is 7.82. The van der Waals surface area contributed by atoms with Crippen molar-refractivity contribution in [3.8, 4) is 5.75 Å². The number of amides is 1. The number of likely N-dealkylation sites (tertiary alicyclic amines) is 1. The number of carbonyl (C=O) groups excluding carboxylic acids is 1. The average molecular weight is 415 g/mol. The van der Waals surface area contributed by atoms with Gasteiger partial charge in [-0.3, -0.25) is 9.69 Å². The van der Waals surface area contributed by atoms with E-state index in [0.29, 0.717) is 19.7 Å². The fourth-order valence-corrected chi connectivity index (χ4v) is 3.70. The maximum atomic E-state index is 13.0. The quantitative estimate of drug-likeness (QED) is 0.716. The van der Waals surface area contributed by atoms with Crippen LogP contribution in [0.15, 0.2) is 48.5 Å². The molecule has 5 nitrogen and oxygen atoms in total. The molecule has 162 valence electrons. The Balaban J connectivity index is 1.46. The Labute approximate surface area is 178 Å². The molecule has 0 spiro atoms. The summed E-state index contributed by atoms with van der Waals surface area (Å²) in [6.07, 6.45) is 2.64. The lowest BCUT2D eigenvalue weighted by molar-refractivity contribution is -0.122. The summed E-state index contributed by atoms with van der Waals surface area (Å²) in [5.74, 6) is 0.543. The Morgan fingerprint density at radius 2 is 1.83 bits per heavy atom. The van der Waals surface area contributed by atoms with Crippen LogP contribution in [0.25, 0.3) is 0 Å². The highest BCUT2D eigenvalue weighted by Gasteiger charge is 2.34. The van der Waals surface area contributed by atoms with E-state index in [1.165, 1.54) is 17.7 Å². The molecular formula is C24H31FN2O3. The molecule has 1 atom stereocenters. The number of nitrogens with one attached hydrogen (secondary N) is 1. The van der Waals surface area contributed by atoms with Gasteiger partial charge >= 0.3 is 0 Å². The third kappa shape index (κ3) is 6.54. The van der Waals surface area contributed by atoms with Gasteiger partial charge in [0.15, 0.2) is 0 Å². The minimum atomic E-state index is -0.343.